The van der Waals surface area contributed by atoms with Crippen LogP contribution in [0.2, 0.25) is 0 Å². The topological polar surface area (TPSA) is 41.1 Å². The Morgan fingerprint density at radius 2 is 2.08 bits per heavy atom. The van der Waals surface area contributed by atoms with Crippen molar-refractivity contribution in [2.45, 2.75) is 37.8 Å². The van der Waals surface area contributed by atoms with Crippen LogP contribution < -0.4 is 10.6 Å². The van der Waals surface area contributed by atoms with Crippen LogP contribution in [-0.2, 0) is 4.79 Å². The smallest absolute Gasteiger partial charge is 0.220 e. The Morgan fingerprint density at radius 1 is 1.25 bits per heavy atom. The minimum atomic E-state index is 0. The normalized spacial score (nSPS) is 34.5. The molecule has 2 unspecified atom stereocenters. The Kier molecular flexibility index (Phi) is 3.35. The van der Waals surface area contributed by atoms with E-state index in [2.05, 4.69) is 10.6 Å². The quantitative estimate of drug-likeness (QED) is 0.582. The third-order valence-electron chi connectivity index (χ3n) is 2.61. The standard InChI is InChI=1S/C8H14N2O.ClH/c11-8-4-3-6-7(10-8)2-1-5-9-6;/h6-7,9H,1-5H2,(H,10,11);1H. The van der Waals surface area contributed by atoms with E-state index >= 15 is 0 Å². The Bertz CT molecular complexity index is 174. The summed E-state index contributed by atoms with van der Waals surface area (Å²) in [7, 11) is 0. The van der Waals surface area contributed by atoms with E-state index in [0.717, 1.165) is 19.4 Å². The van der Waals surface area contributed by atoms with Gasteiger partial charge in [-0.1, -0.05) is 0 Å². The minimum absolute atomic E-state index is 0. The van der Waals surface area contributed by atoms with Gasteiger partial charge in [-0.05, 0) is 25.8 Å². The molecule has 0 radical (unpaired) electrons. The van der Waals surface area contributed by atoms with Crippen molar-refractivity contribution < 1.29 is 4.79 Å². The summed E-state index contributed by atoms with van der Waals surface area (Å²) in [5.41, 5.74) is 0. The molecular weight excluding hydrogens is 176 g/mol. The summed E-state index contributed by atoms with van der Waals surface area (Å²) in [4.78, 5) is 11.0. The maximum Gasteiger partial charge on any atom is 0.220 e. The lowest BCUT2D eigenvalue weighted by atomic mass is 9.91. The number of halogens is 1. The number of rotatable bonds is 0. The second kappa shape index (κ2) is 4.10. The van der Waals surface area contributed by atoms with Crippen LogP contribution in [0, 0.1) is 0 Å². The molecule has 2 atom stereocenters. The van der Waals surface area contributed by atoms with Gasteiger partial charge in [-0.3, -0.25) is 4.79 Å². The van der Waals surface area contributed by atoms with Crippen LogP contribution in [0.4, 0.5) is 0 Å². The fourth-order valence-corrected chi connectivity index (χ4v) is 1.99. The first-order valence-corrected chi connectivity index (χ1v) is 4.39. The Hall–Kier alpha value is -0.280. The van der Waals surface area contributed by atoms with E-state index in [4.69, 9.17) is 0 Å². The molecule has 2 saturated heterocycles. The molecule has 70 valence electrons. The highest BCUT2D eigenvalue weighted by atomic mass is 35.5. The van der Waals surface area contributed by atoms with Gasteiger partial charge in [0.25, 0.3) is 0 Å². The molecule has 2 N–H and O–H groups in total. The first-order chi connectivity index (χ1) is 5.36. The van der Waals surface area contributed by atoms with Crippen molar-refractivity contribution in [3.63, 3.8) is 0 Å². The average Bonchev–Trinajstić information content (AvgIpc) is 2.04. The first kappa shape index (κ1) is 9.81. The monoisotopic (exact) mass is 190 g/mol. The molecule has 2 fully saturated rings. The lowest BCUT2D eigenvalue weighted by Gasteiger charge is -2.36. The van der Waals surface area contributed by atoms with Gasteiger partial charge in [0.05, 0.1) is 0 Å². The second-order valence-corrected chi connectivity index (χ2v) is 3.42. The van der Waals surface area contributed by atoms with Gasteiger partial charge in [-0.2, -0.15) is 0 Å². The molecule has 2 aliphatic rings. The predicted molar refractivity (Wildman–Crippen MR) is 49.4 cm³/mol. The number of fused-ring (bicyclic) bond motifs is 1. The number of piperidine rings is 2. The lowest BCUT2D eigenvalue weighted by molar-refractivity contribution is -0.124. The van der Waals surface area contributed by atoms with Gasteiger partial charge in [-0.25, -0.2) is 0 Å². The Morgan fingerprint density at radius 3 is 2.92 bits per heavy atom. The van der Waals surface area contributed by atoms with E-state index < -0.39 is 0 Å². The SMILES string of the molecule is Cl.O=C1CCC2NCCCC2N1. The van der Waals surface area contributed by atoms with E-state index in [0.29, 0.717) is 18.5 Å². The molecule has 0 spiro atoms. The van der Waals surface area contributed by atoms with Gasteiger partial charge in [-0.15, -0.1) is 12.4 Å². The molecule has 2 aliphatic heterocycles. The van der Waals surface area contributed by atoms with Crippen molar-refractivity contribution in [1.82, 2.24) is 10.6 Å². The van der Waals surface area contributed by atoms with Crippen molar-refractivity contribution in [3.8, 4) is 0 Å². The number of hydrogen-bond donors (Lipinski definition) is 2. The van der Waals surface area contributed by atoms with Crippen LogP contribution in [0.5, 0.6) is 0 Å². The third kappa shape index (κ3) is 1.90. The van der Waals surface area contributed by atoms with Crippen LogP contribution in [-0.4, -0.2) is 24.5 Å². The maximum absolute atomic E-state index is 11.0. The molecule has 0 aromatic carbocycles. The summed E-state index contributed by atoms with van der Waals surface area (Å²) in [5.74, 6) is 0.231. The summed E-state index contributed by atoms with van der Waals surface area (Å²) in [6.07, 6.45) is 4.08. The third-order valence-corrected chi connectivity index (χ3v) is 2.61. The summed E-state index contributed by atoms with van der Waals surface area (Å²) < 4.78 is 0. The molecule has 0 aromatic rings. The molecule has 2 heterocycles. The van der Waals surface area contributed by atoms with Gasteiger partial charge in [0.1, 0.15) is 0 Å². The Balaban J connectivity index is 0.000000720. The lowest BCUT2D eigenvalue weighted by Crippen LogP contribution is -2.56. The molecule has 0 bridgehead atoms. The largest absolute Gasteiger partial charge is 0.352 e. The van der Waals surface area contributed by atoms with Crippen molar-refractivity contribution in [3.05, 3.63) is 0 Å². The molecule has 1 amide bonds. The summed E-state index contributed by atoms with van der Waals surface area (Å²) in [5, 5.41) is 6.44. The van der Waals surface area contributed by atoms with E-state index in [1.807, 2.05) is 0 Å². The van der Waals surface area contributed by atoms with E-state index in [-0.39, 0.29) is 18.3 Å². The second-order valence-electron chi connectivity index (χ2n) is 3.42. The molecule has 12 heavy (non-hydrogen) atoms. The Labute approximate surface area is 78.7 Å². The first-order valence-electron chi connectivity index (χ1n) is 4.39. The molecule has 0 aliphatic carbocycles. The molecule has 2 rings (SSSR count). The molecule has 3 nitrogen and oxygen atoms in total. The van der Waals surface area contributed by atoms with Gasteiger partial charge in [0.15, 0.2) is 0 Å². The van der Waals surface area contributed by atoms with Crippen molar-refractivity contribution in [2.24, 2.45) is 0 Å². The van der Waals surface area contributed by atoms with Gasteiger partial charge < -0.3 is 10.6 Å². The highest BCUT2D eigenvalue weighted by Crippen LogP contribution is 2.17. The number of amides is 1. The van der Waals surface area contributed by atoms with E-state index in [1.54, 1.807) is 0 Å². The van der Waals surface area contributed by atoms with E-state index in [1.165, 1.54) is 6.42 Å². The number of carbonyl (C=O) groups excluding carboxylic acids is 1. The van der Waals surface area contributed by atoms with Crippen LogP contribution in [0.15, 0.2) is 0 Å². The van der Waals surface area contributed by atoms with Gasteiger partial charge >= 0.3 is 0 Å². The molecular formula is C8H15ClN2O. The highest BCUT2D eigenvalue weighted by molar-refractivity contribution is 5.85. The number of hydrogen-bond acceptors (Lipinski definition) is 2. The van der Waals surface area contributed by atoms with Crippen LogP contribution in [0.25, 0.3) is 0 Å². The van der Waals surface area contributed by atoms with Crippen LogP contribution in [0.3, 0.4) is 0 Å². The molecule has 4 heteroatoms. The fraction of sp³-hybridized carbons (Fsp3) is 0.875. The number of carbonyl (C=O) groups is 1. The average molecular weight is 191 g/mol. The summed E-state index contributed by atoms with van der Waals surface area (Å²) in [6, 6.07) is 0.978. The molecule has 0 aromatic heterocycles. The predicted octanol–water partition coefficient (Wildman–Crippen LogP) is 0.439. The maximum atomic E-state index is 11.0. The zero-order chi connectivity index (χ0) is 7.68. The zero-order valence-corrected chi connectivity index (χ0v) is 7.82. The fourth-order valence-electron chi connectivity index (χ4n) is 1.99. The highest BCUT2D eigenvalue weighted by Gasteiger charge is 2.29. The summed E-state index contributed by atoms with van der Waals surface area (Å²) in [6.45, 7) is 1.12. The van der Waals surface area contributed by atoms with E-state index in [9.17, 15) is 4.79 Å². The van der Waals surface area contributed by atoms with Crippen molar-refractivity contribution >= 4 is 18.3 Å². The van der Waals surface area contributed by atoms with Gasteiger partial charge in [0.2, 0.25) is 5.91 Å². The minimum Gasteiger partial charge on any atom is -0.352 e. The van der Waals surface area contributed by atoms with Crippen molar-refractivity contribution in [2.75, 3.05) is 6.54 Å². The van der Waals surface area contributed by atoms with Crippen LogP contribution >= 0.6 is 12.4 Å². The van der Waals surface area contributed by atoms with Gasteiger partial charge in [0, 0.05) is 18.5 Å². The number of nitrogens with one attached hydrogen (secondary N) is 2. The molecule has 0 saturated carbocycles. The van der Waals surface area contributed by atoms with Crippen LogP contribution in [0.1, 0.15) is 25.7 Å². The zero-order valence-electron chi connectivity index (χ0n) is 7.01. The van der Waals surface area contributed by atoms with Crippen molar-refractivity contribution in [1.29, 1.82) is 0 Å². The summed E-state index contributed by atoms with van der Waals surface area (Å²) >= 11 is 0.